The highest BCUT2D eigenvalue weighted by Crippen LogP contribution is 2.29. The number of hydrogen-bond acceptors (Lipinski definition) is 7. The van der Waals surface area contributed by atoms with Crippen molar-refractivity contribution in [3.63, 3.8) is 0 Å². The lowest BCUT2D eigenvalue weighted by molar-refractivity contribution is -0.125. The number of carbonyl (C=O) groups excluding carboxylic acids is 1. The number of aliphatic hydroxyl groups excluding tert-OH is 1. The number of nitrogens with zero attached hydrogens (tertiary/aromatic N) is 2. The molecule has 0 aliphatic carbocycles. The Morgan fingerprint density at radius 3 is 2.90 bits per heavy atom. The Bertz CT molecular complexity index is 628. The van der Waals surface area contributed by atoms with Crippen LogP contribution in [0.3, 0.4) is 0 Å². The Morgan fingerprint density at radius 2 is 2.25 bits per heavy atom. The highest BCUT2D eigenvalue weighted by Gasteiger charge is 2.14. The Balaban J connectivity index is 2.31. The molecule has 0 radical (unpaired) electrons. The van der Waals surface area contributed by atoms with Crippen LogP contribution < -0.4 is 16.4 Å². The van der Waals surface area contributed by atoms with Crippen molar-refractivity contribution < 1.29 is 9.90 Å². The van der Waals surface area contributed by atoms with E-state index in [2.05, 4.69) is 20.6 Å². The fourth-order valence-corrected chi connectivity index (χ4v) is 2.59. The van der Waals surface area contributed by atoms with Crippen LogP contribution >= 0.6 is 11.3 Å². The molecule has 0 fully saturated rings. The molecule has 7 nitrogen and oxygen atoms in total. The van der Waals surface area contributed by atoms with Crippen LogP contribution in [0.2, 0.25) is 0 Å². The zero-order valence-electron chi connectivity index (χ0n) is 11.3. The number of aromatic nitrogens is 2. The number of rotatable bonds is 6. The minimum absolute atomic E-state index is 0.0158. The number of aryl methyl sites for hydroxylation is 1. The largest absolute Gasteiger partial charge is 0.381 e. The molecule has 0 saturated carbocycles. The first kappa shape index (κ1) is 14.5. The molecule has 20 heavy (non-hydrogen) atoms. The predicted molar refractivity (Wildman–Crippen MR) is 80.0 cm³/mol. The van der Waals surface area contributed by atoms with Crippen LogP contribution in [0.25, 0.3) is 10.2 Å². The molecule has 2 heterocycles. The van der Waals surface area contributed by atoms with Gasteiger partial charge in [-0.15, -0.1) is 11.3 Å². The maximum absolute atomic E-state index is 10.8. The van der Waals surface area contributed by atoms with Gasteiger partial charge in [0, 0.05) is 11.4 Å². The van der Waals surface area contributed by atoms with E-state index in [1.807, 2.05) is 19.9 Å². The third-order valence-electron chi connectivity index (χ3n) is 2.64. The summed E-state index contributed by atoms with van der Waals surface area (Å²) in [6.45, 7) is 4.67. The average molecular weight is 295 g/mol. The molecule has 1 atom stereocenters. The van der Waals surface area contributed by atoms with Crippen molar-refractivity contribution in [1.29, 1.82) is 0 Å². The van der Waals surface area contributed by atoms with E-state index in [4.69, 9.17) is 5.73 Å². The Kier molecular flexibility index (Phi) is 4.35. The van der Waals surface area contributed by atoms with Gasteiger partial charge in [0.05, 0.1) is 11.9 Å². The zero-order valence-corrected chi connectivity index (χ0v) is 12.1. The van der Waals surface area contributed by atoms with Gasteiger partial charge in [0.25, 0.3) is 0 Å². The molecule has 2 aromatic rings. The number of aliphatic hydroxyl groups is 1. The lowest BCUT2D eigenvalue weighted by Gasteiger charge is -2.11. The number of nitrogens with two attached hydrogens (primary N) is 1. The normalized spacial score (nSPS) is 12.3. The van der Waals surface area contributed by atoms with E-state index in [9.17, 15) is 9.90 Å². The van der Waals surface area contributed by atoms with Crippen LogP contribution in [0.15, 0.2) is 6.07 Å². The van der Waals surface area contributed by atoms with E-state index in [1.54, 1.807) is 11.3 Å². The van der Waals surface area contributed by atoms with Gasteiger partial charge < -0.3 is 21.5 Å². The van der Waals surface area contributed by atoms with Crippen molar-refractivity contribution >= 4 is 39.2 Å². The monoisotopic (exact) mass is 295 g/mol. The minimum Gasteiger partial charge on any atom is -0.381 e. The number of nitrogens with one attached hydrogen (secondary N) is 2. The van der Waals surface area contributed by atoms with Gasteiger partial charge in [-0.25, -0.2) is 4.98 Å². The second-order valence-corrected chi connectivity index (χ2v) is 5.54. The second-order valence-electron chi connectivity index (χ2n) is 4.30. The number of amides is 1. The molecule has 0 aromatic carbocycles. The molecular formula is C12H17N5O2S. The summed E-state index contributed by atoms with van der Waals surface area (Å²) in [4.78, 5) is 21.6. The fraction of sp³-hybridized carbons (Fsp3) is 0.417. The van der Waals surface area contributed by atoms with Gasteiger partial charge in [0.2, 0.25) is 11.9 Å². The van der Waals surface area contributed by atoms with Crippen molar-refractivity contribution in [3.05, 3.63) is 10.9 Å². The Labute approximate surface area is 120 Å². The molecule has 0 bridgehead atoms. The first-order chi connectivity index (χ1) is 9.51. The molecule has 2 rings (SSSR count). The first-order valence-corrected chi connectivity index (χ1v) is 7.06. The number of carbonyl (C=O) groups is 1. The molecule has 1 unspecified atom stereocenters. The molecule has 8 heteroatoms. The quantitative estimate of drug-likeness (QED) is 0.623. The van der Waals surface area contributed by atoms with Crippen LogP contribution in [-0.2, 0) is 4.79 Å². The van der Waals surface area contributed by atoms with Gasteiger partial charge in [-0.2, -0.15) is 4.98 Å². The van der Waals surface area contributed by atoms with Gasteiger partial charge in [0.15, 0.2) is 0 Å². The van der Waals surface area contributed by atoms with E-state index < -0.39 is 12.0 Å². The molecule has 2 aromatic heterocycles. The van der Waals surface area contributed by atoms with Crippen molar-refractivity contribution in [3.8, 4) is 0 Å². The molecule has 0 aliphatic rings. The van der Waals surface area contributed by atoms with E-state index in [-0.39, 0.29) is 6.54 Å². The number of primary amides is 1. The van der Waals surface area contributed by atoms with Gasteiger partial charge in [0.1, 0.15) is 16.8 Å². The van der Waals surface area contributed by atoms with Crippen LogP contribution in [0.4, 0.5) is 11.8 Å². The summed E-state index contributed by atoms with van der Waals surface area (Å²) < 4.78 is 0. The Hall–Kier alpha value is -1.93. The van der Waals surface area contributed by atoms with Crippen LogP contribution in [0, 0.1) is 6.92 Å². The van der Waals surface area contributed by atoms with Gasteiger partial charge in [-0.1, -0.05) is 0 Å². The van der Waals surface area contributed by atoms with Crippen molar-refractivity contribution in [2.45, 2.75) is 20.0 Å². The first-order valence-electron chi connectivity index (χ1n) is 6.24. The summed E-state index contributed by atoms with van der Waals surface area (Å²) in [6.07, 6.45) is -1.25. The molecule has 108 valence electrons. The topological polar surface area (TPSA) is 113 Å². The van der Waals surface area contributed by atoms with Crippen LogP contribution in [0.1, 0.15) is 11.8 Å². The molecule has 5 N–H and O–H groups in total. The molecule has 1 amide bonds. The highest BCUT2D eigenvalue weighted by molar-refractivity contribution is 7.18. The molecule has 0 aliphatic heterocycles. The SMILES string of the molecule is CCNc1nc(NCC(O)C(N)=O)c2cc(C)sc2n1. The van der Waals surface area contributed by atoms with E-state index >= 15 is 0 Å². The van der Waals surface area contributed by atoms with Crippen LogP contribution in [-0.4, -0.2) is 40.2 Å². The number of anilines is 2. The lowest BCUT2D eigenvalue weighted by Crippen LogP contribution is -2.34. The minimum atomic E-state index is -1.25. The number of hydrogen-bond donors (Lipinski definition) is 4. The van der Waals surface area contributed by atoms with Crippen molar-refractivity contribution in [1.82, 2.24) is 9.97 Å². The zero-order chi connectivity index (χ0) is 14.7. The van der Waals surface area contributed by atoms with E-state index in [0.717, 1.165) is 15.1 Å². The third kappa shape index (κ3) is 3.14. The number of fused-ring (bicyclic) bond motifs is 1. The summed E-state index contributed by atoms with van der Waals surface area (Å²) in [7, 11) is 0. The summed E-state index contributed by atoms with van der Waals surface area (Å²) in [5, 5.41) is 16.3. The van der Waals surface area contributed by atoms with E-state index in [0.29, 0.717) is 18.3 Å². The molecule has 0 saturated heterocycles. The van der Waals surface area contributed by atoms with E-state index in [1.165, 1.54) is 0 Å². The molecule has 0 spiro atoms. The number of thiophene rings is 1. The van der Waals surface area contributed by atoms with Gasteiger partial charge >= 0.3 is 0 Å². The Morgan fingerprint density at radius 1 is 1.50 bits per heavy atom. The third-order valence-corrected chi connectivity index (χ3v) is 3.59. The summed E-state index contributed by atoms with van der Waals surface area (Å²) in [5.41, 5.74) is 5.02. The van der Waals surface area contributed by atoms with Crippen molar-refractivity contribution in [2.75, 3.05) is 23.7 Å². The van der Waals surface area contributed by atoms with Gasteiger partial charge in [-0.3, -0.25) is 4.79 Å². The second kappa shape index (κ2) is 6.02. The smallest absolute Gasteiger partial charge is 0.248 e. The van der Waals surface area contributed by atoms with Crippen LogP contribution in [0.5, 0.6) is 0 Å². The summed E-state index contributed by atoms with van der Waals surface area (Å²) in [6, 6.07) is 1.97. The lowest BCUT2D eigenvalue weighted by atomic mass is 10.3. The highest BCUT2D eigenvalue weighted by atomic mass is 32.1. The molecular weight excluding hydrogens is 278 g/mol. The fourth-order valence-electron chi connectivity index (χ4n) is 1.71. The maximum atomic E-state index is 10.8. The standard InChI is InChI=1S/C12H17N5O2S/c1-3-14-12-16-10(15-5-8(18)9(13)19)7-4-6(2)20-11(7)17-12/h4,8,18H,3,5H2,1-2H3,(H2,13,19)(H2,14,15,16,17). The average Bonchev–Trinajstić information content (AvgIpc) is 2.76. The predicted octanol–water partition coefficient (Wildman–Crippen LogP) is 0.690. The maximum Gasteiger partial charge on any atom is 0.248 e. The van der Waals surface area contributed by atoms with Gasteiger partial charge in [-0.05, 0) is 19.9 Å². The summed E-state index contributed by atoms with van der Waals surface area (Å²) >= 11 is 1.56. The van der Waals surface area contributed by atoms with Crippen molar-refractivity contribution in [2.24, 2.45) is 5.73 Å². The summed E-state index contributed by atoms with van der Waals surface area (Å²) in [5.74, 6) is 0.324.